The molecule has 0 aliphatic carbocycles. The largest absolute Gasteiger partial charge is 0.287 e. The van der Waals surface area contributed by atoms with Gasteiger partial charge in [-0.1, -0.05) is 53.5 Å². The summed E-state index contributed by atoms with van der Waals surface area (Å²) in [5, 5.41) is 5.35. The molecule has 0 spiro atoms. The molecule has 0 atom stereocenters. The number of hydrogen-bond acceptors (Lipinski definition) is 2. The third kappa shape index (κ3) is 3.28. The normalized spacial score (nSPS) is 11.1. The molecule has 0 amide bonds. The maximum atomic E-state index is 14.2. The van der Waals surface area contributed by atoms with Crippen LogP contribution in [0.3, 0.4) is 0 Å². The second kappa shape index (κ2) is 7.34. The summed E-state index contributed by atoms with van der Waals surface area (Å²) < 4.78 is 28.9. The van der Waals surface area contributed by atoms with Gasteiger partial charge in [0.1, 0.15) is 17.3 Å². The maximum absolute atomic E-state index is 14.2. The second-order valence-corrected chi connectivity index (χ2v) is 6.97. The number of halogens is 4. The Morgan fingerprint density at radius 1 is 0.964 bits per heavy atom. The molecule has 0 aliphatic rings. The maximum Gasteiger partial charge on any atom is 0.215 e. The highest BCUT2D eigenvalue weighted by atomic mass is 35.5. The SMILES string of the molecule is O=c1c(-c2cccc(Cl)c2Cl)nn(Cc2ccc(F)cc2F)c2ccccc12. The van der Waals surface area contributed by atoms with Gasteiger partial charge in [-0.3, -0.25) is 9.48 Å². The zero-order valence-corrected chi connectivity index (χ0v) is 15.8. The van der Waals surface area contributed by atoms with Crippen LogP contribution < -0.4 is 5.43 Å². The van der Waals surface area contributed by atoms with E-state index in [1.54, 1.807) is 42.5 Å². The van der Waals surface area contributed by atoms with Crippen LogP contribution in [-0.4, -0.2) is 9.78 Å². The third-order valence-electron chi connectivity index (χ3n) is 4.40. The molecule has 0 N–H and O–H groups in total. The van der Waals surface area contributed by atoms with Crippen LogP contribution in [0.5, 0.6) is 0 Å². The van der Waals surface area contributed by atoms with Gasteiger partial charge in [-0.2, -0.15) is 5.10 Å². The topological polar surface area (TPSA) is 34.9 Å². The lowest BCUT2D eigenvalue weighted by molar-refractivity contribution is 0.560. The molecular formula is C21H12Cl2F2N2O. The van der Waals surface area contributed by atoms with Crippen LogP contribution in [0.4, 0.5) is 8.78 Å². The lowest BCUT2D eigenvalue weighted by Gasteiger charge is -2.14. The van der Waals surface area contributed by atoms with E-state index in [-0.39, 0.29) is 28.3 Å². The predicted octanol–water partition coefficient (Wildman–Crippen LogP) is 5.70. The summed E-state index contributed by atoms with van der Waals surface area (Å²) in [6.07, 6.45) is 0. The molecule has 0 radical (unpaired) electrons. The quantitative estimate of drug-likeness (QED) is 0.429. The van der Waals surface area contributed by atoms with Crippen LogP contribution in [0.15, 0.2) is 65.5 Å². The molecule has 3 nitrogen and oxygen atoms in total. The van der Waals surface area contributed by atoms with Crippen molar-refractivity contribution >= 4 is 34.1 Å². The number of fused-ring (bicyclic) bond motifs is 1. The van der Waals surface area contributed by atoms with Crippen LogP contribution in [0.2, 0.25) is 10.0 Å². The predicted molar refractivity (Wildman–Crippen MR) is 107 cm³/mol. The molecule has 28 heavy (non-hydrogen) atoms. The summed E-state index contributed by atoms with van der Waals surface area (Å²) in [5.41, 5.74) is 0.950. The van der Waals surface area contributed by atoms with Crippen molar-refractivity contribution in [3.8, 4) is 11.3 Å². The van der Waals surface area contributed by atoms with Gasteiger partial charge in [-0.15, -0.1) is 0 Å². The Hall–Kier alpha value is -2.76. The average Bonchev–Trinajstić information content (AvgIpc) is 2.68. The summed E-state index contributed by atoms with van der Waals surface area (Å²) in [6.45, 7) is 0.0120. The van der Waals surface area contributed by atoms with Crippen molar-refractivity contribution in [1.82, 2.24) is 9.78 Å². The molecule has 4 aromatic rings. The molecular weight excluding hydrogens is 405 g/mol. The van der Waals surface area contributed by atoms with Crippen molar-refractivity contribution in [3.63, 3.8) is 0 Å². The van der Waals surface area contributed by atoms with Gasteiger partial charge in [0.25, 0.3) is 0 Å². The van der Waals surface area contributed by atoms with Gasteiger partial charge in [-0.05, 0) is 24.3 Å². The summed E-state index contributed by atoms with van der Waals surface area (Å²) in [6, 6.07) is 15.1. The van der Waals surface area contributed by atoms with Crippen molar-refractivity contribution in [3.05, 3.63) is 98.1 Å². The Labute approximate surface area is 168 Å². The van der Waals surface area contributed by atoms with Crippen LogP contribution in [-0.2, 0) is 6.54 Å². The van der Waals surface area contributed by atoms with E-state index in [0.717, 1.165) is 6.07 Å². The van der Waals surface area contributed by atoms with E-state index in [9.17, 15) is 13.6 Å². The van der Waals surface area contributed by atoms with E-state index >= 15 is 0 Å². The molecule has 0 bridgehead atoms. The first-order valence-corrected chi connectivity index (χ1v) is 9.09. The van der Waals surface area contributed by atoms with E-state index in [1.807, 2.05) is 0 Å². The van der Waals surface area contributed by atoms with Crippen molar-refractivity contribution < 1.29 is 8.78 Å². The number of rotatable bonds is 3. The zero-order chi connectivity index (χ0) is 19.8. The molecule has 0 unspecified atom stereocenters. The molecule has 0 saturated carbocycles. The molecule has 4 rings (SSSR count). The van der Waals surface area contributed by atoms with Crippen molar-refractivity contribution in [1.29, 1.82) is 0 Å². The third-order valence-corrected chi connectivity index (χ3v) is 5.22. The van der Waals surface area contributed by atoms with E-state index in [2.05, 4.69) is 5.10 Å². The van der Waals surface area contributed by atoms with Crippen molar-refractivity contribution in [2.24, 2.45) is 0 Å². The van der Waals surface area contributed by atoms with Crippen LogP contribution >= 0.6 is 23.2 Å². The Morgan fingerprint density at radius 2 is 1.75 bits per heavy atom. The van der Waals surface area contributed by atoms with Gasteiger partial charge in [0.15, 0.2) is 0 Å². The summed E-state index contributed by atoms with van der Waals surface area (Å²) in [5.74, 6) is -1.35. The van der Waals surface area contributed by atoms with Gasteiger partial charge in [-0.25, -0.2) is 8.78 Å². The van der Waals surface area contributed by atoms with Gasteiger partial charge in [0.05, 0.1) is 22.1 Å². The summed E-state index contributed by atoms with van der Waals surface area (Å²) >= 11 is 12.4. The lowest BCUT2D eigenvalue weighted by Crippen LogP contribution is -2.17. The standard InChI is InChI=1S/C21H12Cl2F2N2O/c22-16-6-3-5-15(19(16)23)20-21(28)14-4-1-2-7-18(14)27(26-20)11-12-8-9-13(24)10-17(12)25/h1-10H,11H2. The first-order chi connectivity index (χ1) is 13.5. The lowest BCUT2D eigenvalue weighted by atomic mass is 10.1. The van der Waals surface area contributed by atoms with Crippen LogP contribution in [0, 0.1) is 11.6 Å². The molecule has 0 fully saturated rings. The highest BCUT2D eigenvalue weighted by molar-refractivity contribution is 6.43. The van der Waals surface area contributed by atoms with E-state index in [0.29, 0.717) is 21.5 Å². The van der Waals surface area contributed by atoms with Gasteiger partial charge >= 0.3 is 0 Å². The molecule has 1 heterocycles. The average molecular weight is 417 g/mol. The molecule has 7 heteroatoms. The van der Waals surface area contributed by atoms with Crippen molar-refractivity contribution in [2.75, 3.05) is 0 Å². The Morgan fingerprint density at radius 3 is 2.54 bits per heavy atom. The molecule has 0 saturated heterocycles. The first kappa shape index (κ1) is 18.6. The monoisotopic (exact) mass is 416 g/mol. The smallest absolute Gasteiger partial charge is 0.215 e. The number of aromatic nitrogens is 2. The fourth-order valence-corrected chi connectivity index (χ4v) is 3.42. The van der Waals surface area contributed by atoms with E-state index in [1.165, 1.54) is 16.8 Å². The van der Waals surface area contributed by atoms with Crippen LogP contribution in [0.25, 0.3) is 22.2 Å². The molecule has 0 aliphatic heterocycles. The minimum Gasteiger partial charge on any atom is -0.287 e. The minimum absolute atomic E-state index is 0.0120. The molecule has 3 aromatic carbocycles. The number of para-hydroxylation sites is 1. The molecule has 1 aromatic heterocycles. The summed E-state index contributed by atoms with van der Waals surface area (Å²) in [7, 11) is 0. The second-order valence-electron chi connectivity index (χ2n) is 6.19. The highest BCUT2D eigenvalue weighted by Gasteiger charge is 2.17. The first-order valence-electron chi connectivity index (χ1n) is 8.34. The van der Waals surface area contributed by atoms with Gasteiger partial charge in [0, 0.05) is 22.6 Å². The Balaban J connectivity index is 1.97. The number of hydrogen-bond donors (Lipinski definition) is 0. The fraction of sp³-hybridized carbons (Fsp3) is 0.0476. The minimum atomic E-state index is -0.688. The van der Waals surface area contributed by atoms with E-state index in [4.69, 9.17) is 23.2 Å². The Kier molecular flexibility index (Phi) is 4.87. The number of benzene rings is 3. The van der Waals surface area contributed by atoms with E-state index < -0.39 is 11.6 Å². The van der Waals surface area contributed by atoms with Crippen molar-refractivity contribution in [2.45, 2.75) is 6.54 Å². The Bertz CT molecular complexity index is 1270. The van der Waals surface area contributed by atoms with Gasteiger partial charge in [0.2, 0.25) is 5.43 Å². The van der Waals surface area contributed by atoms with Crippen LogP contribution in [0.1, 0.15) is 5.56 Å². The summed E-state index contributed by atoms with van der Waals surface area (Å²) in [4.78, 5) is 13.0. The highest BCUT2D eigenvalue weighted by Crippen LogP contribution is 2.31. The zero-order valence-electron chi connectivity index (χ0n) is 14.3. The van der Waals surface area contributed by atoms with Gasteiger partial charge < -0.3 is 0 Å². The molecule has 140 valence electrons. The fourth-order valence-electron chi connectivity index (χ4n) is 3.03. The number of nitrogens with zero attached hydrogens (tertiary/aromatic N) is 2.